The van der Waals surface area contributed by atoms with Crippen LogP contribution in [0.5, 0.6) is 0 Å². The summed E-state index contributed by atoms with van der Waals surface area (Å²) in [5, 5.41) is 0. The minimum Gasteiger partial charge on any atom is -0.342 e. The quantitative estimate of drug-likeness (QED) is 0.376. The molecule has 0 atom stereocenters. The summed E-state index contributed by atoms with van der Waals surface area (Å²) in [6, 6.07) is 0. The Morgan fingerprint density at radius 1 is 1.00 bits per heavy atom. The van der Waals surface area contributed by atoms with Crippen LogP contribution in [0.15, 0.2) is 12.5 Å². The van der Waals surface area contributed by atoms with Gasteiger partial charge in [-0.25, -0.2) is 28.6 Å². The van der Waals surface area contributed by atoms with Crippen LogP contribution in [0.25, 0.3) is 11.2 Å². The van der Waals surface area contributed by atoms with Gasteiger partial charge in [-0.05, 0) is 6.92 Å². The van der Waals surface area contributed by atoms with Gasteiger partial charge in [0.2, 0.25) is 0 Å². The first kappa shape index (κ1) is 20.0. The molecule has 0 fully saturated rings. The first-order valence-electron chi connectivity index (χ1n) is 5.27. The lowest BCUT2D eigenvalue weighted by molar-refractivity contribution is 0.204. The van der Waals surface area contributed by atoms with Gasteiger partial charge < -0.3 is 29.5 Å². The zero-order valence-corrected chi connectivity index (χ0v) is 13.8. The Bertz CT molecular complexity index is 782. The largest absolute Gasteiger partial charge is 0.490 e. The molecule has 0 unspecified atom stereocenters. The van der Waals surface area contributed by atoms with Gasteiger partial charge in [-0.2, -0.15) is 8.62 Å². The van der Waals surface area contributed by atoms with Crippen LogP contribution >= 0.6 is 23.5 Å². The number of fused-ring (bicyclic) bond motifs is 1. The molecule has 2 rings (SSSR count). The van der Waals surface area contributed by atoms with E-state index >= 15 is 0 Å². The number of aromatic nitrogens is 4. The van der Waals surface area contributed by atoms with Crippen LogP contribution in [0.1, 0.15) is 5.82 Å². The van der Waals surface area contributed by atoms with E-state index in [0.29, 0.717) is 0 Å². The summed E-state index contributed by atoms with van der Waals surface area (Å²) in [5.74, 6) is 0.750. The number of aryl methyl sites for hydroxylation is 1. The van der Waals surface area contributed by atoms with Crippen LogP contribution in [-0.2, 0) is 22.3 Å². The molecule has 23 heavy (non-hydrogen) atoms. The highest BCUT2D eigenvalue weighted by Crippen LogP contribution is 2.64. The summed E-state index contributed by atoms with van der Waals surface area (Å²) < 4.78 is 36.4. The van der Waals surface area contributed by atoms with Crippen molar-refractivity contribution in [3.63, 3.8) is 0 Å². The molecule has 2 heterocycles. The molecule has 0 radical (unpaired) electrons. The van der Waals surface area contributed by atoms with E-state index in [1.54, 1.807) is 12.5 Å². The van der Waals surface area contributed by atoms with Crippen LogP contribution in [-0.4, -0.2) is 44.4 Å². The van der Waals surface area contributed by atoms with Gasteiger partial charge in [0.15, 0.2) is 5.65 Å². The van der Waals surface area contributed by atoms with Crippen molar-refractivity contribution in [3.05, 3.63) is 18.3 Å². The van der Waals surface area contributed by atoms with Gasteiger partial charge in [0.1, 0.15) is 11.3 Å². The summed E-state index contributed by atoms with van der Waals surface area (Å²) in [7, 11) is -16.2. The number of hydrogen-bond acceptors (Lipinski definition) is 8. The second-order valence-electron chi connectivity index (χ2n) is 3.67. The number of hydrogen-bond donors (Lipinski definition) is 6. The number of imidazole rings is 1. The van der Waals surface area contributed by atoms with Crippen molar-refractivity contribution in [3.8, 4) is 0 Å². The molecule has 130 valence electrons. The van der Waals surface area contributed by atoms with E-state index in [-0.39, 0.29) is 0 Å². The van der Waals surface area contributed by atoms with Gasteiger partial charge >= 0.3 is 23.5 Å². The molecule has 0 saturated heterocycles. The predicted octanol–water partition coefficient (Wildman–Crippen LogP) is -0.0333. The minimum atomic E-state index is -5.46. The van der Waals surface area contributed by atoms with Crippen molar-refractivity contribution in [2.75, 3.05) is 0 Å². The molecule has 17 heteroatoms. The maximum Gasteiger partial charge on any atom is 0.490 e. The van der Waals surface area contributed by atoms with Gasteiger partial charge in [-0.1, -0.05) is 0 Å². The van der Waals surface area contributed by atoms with E-state index in [4.69, 9.17) is 24.5 Å². The van der Waals surface area contributed by atoms with E-state index < -0.39 is 23.5 Å². The molecule has 0 amide bonds. The molecule has 14 nitrogen and oxygen atoms in total. The van der Waals surface area contributed by atoms with Gasteiger partial charge in [0.05, 0.1) is 12.5 Å². The topological polar surface area (TPSA) is 225 Å². The summed E-state index contributed by atoms with van der Waals surface area (Å²) in [6.07, 6.45) is 3.34. The Labute approximate surface area is 127 Å². The molecule has 0 aliphatic heterocycles. The molecule has 0 bridgehead atoms. The van der Waals surface area contributed by atoms with Crippen LogP contribution in [0.3, 0.4) is 0 Å². The van der Waals surface area contributed by atoms with Gasteiger partial charge in [-0.3, -0.25) is 0 Å². The minimum absolute atomic E-state index is 0.729. The first-order valence-corrected chi connectivity index (χ1v) is 9.82. The Balaban J connectivity index is 0.000000235. The molecule has 6 N–H and O–H groups in total. The van der Waals surface area contributed by atoms with Crippen molar-refractivity contribution in [2.45, 2.75) is 6.92 Å². The summed E-state index contributed by atoms with van der Waals surface area (Å²) in [6.45, 7) is 1.84. The SMILES string of the molecule is Cc1ncc2[nH]cnc2n1.O=P(O)(O)OP(=O)(O)OP(=O)(O)O. The summed E-state index contributed by atoms with van der Waals surface area (Å²) in [4.78, 5) is 55.2. The number of phosphoric acid groups is 3. The van der Waals surface area contributed by atoms with E-state index in [9.17, 15) is 13.7 Å². The average Bonchev–Trinajstić information content (AvgIpc) is 2.69. The third-order valence-electron chi connectivity index (χ3n) is 1.72. The van der Waals surface area contributed by atoms with Crippen molar-refractivity contribution in [2.24, 2.45) is 0 Å². The Hall–Kier alpha value is -1.04. The molecule has 2 aromatic heterocycles. The number of H-pyrrole nitrogens is 1. The van der Waals surface area contributed by atoms with Crippen molar-refractivity contribution < 1.29 is 46.8 Å². The number of rotatable bonds is 4. The van der Waals surface area contributed by atoms with Crippen LogP contribution in [0, 0.1) is 6.92 Å². The van der Waals surface area contributed by atoms with E-state index in [2.05, 4.69) is 28.6 Å². The smallest absolute Gasteiger partial charge is 0.342 e. The second kappa shape index (κ2) is 7.24. The van der Waals surface area contributed by atoms with Gasteiger partial charge in [-0.15, -0.1) is 0 Å². The highest BCUT2D eigenvalue weighted by molar-refractivity contribution is 7.66. The molecule has 2 aromatic rings. The van der Waals surface area contributed by atoms with E-state index in [0.717, 1.165) is 17.0 Å². The number of nitrogens with one attached hydrogen (secondary N) is 1. The predicted molar refractivity (Wildman–Crippen MR) is 72.5 cm³/mol. The highest BCUT2D eigenvalue weighted by atomic mass is 31.3. The zero-order valence-electron chi connectivity index (χ0n) is 11.1. The second-order valence-corrected chi connectivity index (χ2v) is 7.88. The molecule has 0 aliphatic carbocycles. The number of nitrogens with zero attached hydrogens (tertiary/aromatic N) is 3. The fourth-order valence-corrected chi connectivity index (χ4v) is 3.64. The van der Waals surface area contributed by atoms with Crippen LogP contribution in [0.2, 0.25) is 0 Å². The molecule has 0 saturated carbocycles. The van der Waals surface area contributed by atoms with Crippen molar-refractivity contribution in [1.82, 2.24) is 19.9 Å². The third-order valence-corrected chi connectivity index (χ3v) is 5.07. The Morgan fingerprint density at radius 2 is 1.52 bits per heavy atom. The molecule has 0 aromatic carbocycles. The maximum absolute atomic E-state index is 10.4. The Morgan fingerprint density at radius 3 is 2.00 bits per heavy atom. The third kappa shape index (κ3) is 8.39. The van der Waals surface area contributed by atoms with Gasteiger partial charge in [0, 0.05) is 0 Å². The summed E-state index contributed by atoms with van der Waals surface area (Å²) >= 11 is 0. The van der Waals surface area contributed by atoms with Crippen molar-refractivity contribution in [1.29, 1.82) is 0 Å². The molecule has 0 spiro atoms. The monoisotopic (exact) mass is 392 g/mol. The van der Waals surface area contributed by atoms with Crippen LogP contribution in [0.4, 0.5) is 0 Å². The van der Waals surface area contributed by atoms with E-state index in [1.165, 1.54) is 0 Å². The number of aromatic amines is 1. The average molecular weight is 392 g/mol. The fraction of sp³-hybridized carbons (Fsp3) is 0.167. The van der Waals surface area contributed by atoms with Crippen molar-refractivity contribution >= 4 is 34.6 Å². The molecular formula is C6H11N4O10P3. The molecular weight excluding hydrogens is 381 g/mol. The maximum atomic E-state index is 10.4. The molecule has 0 aliphatic rings. The van der Waals surface area contributed by atoms with Gasteiger partial charge in [0.25, 0.3) is 0 Å². The highest BCUT2D eigenvalue weighted by Gasteiger charge is 2.38. The zero-order chi connectivity index (χ0) is 17.9. The van der Waals surface area contributed by atoms with E-state index in [1.807, 2.05) is 6.92 Å². The Kier molecular flexibility index (Phi) is 6.30. The first-order chi connectivity index (χ1) is 10.3. The van der Waals surface area contributed by atoms with Crippen LogP contribution < -0.4 is 0 Å². The standard InChI is InChI=1S/C6H6N4.H5O10P3/c1-4-7-2-5-6(10-4)9-3-8-5;1-11(2,3)9-13(7,8)10-12(4,5)6/h2-3H,1H3,(H,7,8,9,10);(H,7,8)(H2,1,2,3)(H2,4,5,6). The lowest BCUT2D eigenvalue weighted by Crippen LogP contribution is -1.91. The fourth-order valence-electron chi connectivity index (χ4n) is 1.10. The summed E-state index contributed by atoms with van der Waals surface area (Å²) in [5.41, 5.74) is 1.61. The lowest BCUT2D eigenvalue weighted by Gasteiger charge is -2.11. The lowest BCUT2D eigenvalue weighted by atomic mass is 10.5. The normalized spacial score (nSPS) is 12.8.